The van der Waals surface area contributed by atoms with Crippen LogP contribution in [0.25, 0.3) is 0 Å². The Bertz CT molecular complexity index is 278. The van der Waals surface area contributed by atoms with Gasteiger partial charge in [0.25, 0.3) is 0 Å². The Labute approximate surface area is 85.3 Å². The first-order chi connectivity index (χ1) is 6.83. The average molecular weight is 191 g/mol. The molecule has 0 aromatic heterocycles. The fraction of sp³-hybridized carbons (Fsp3) is 0.500. The van der Waals surface area contributed by atoms with Gasteiger partial charge in [-0.1, -0.05) is 17.9 Å². The van der Waals surface area contributed by atoms with Crippen molar-refractivity contribution in [3.05, 3.63) is 18.1 Å². The highest BCUT2D eigenvalue weighted by Crippen LogP contribution is 2.15. The quantitative estimate of drug-likeness (QED) is 0.494. The summed E-state index contributed by atoms with van der Waals surface area (Å²) in [6.45, 7) is 0. The highest BCUT2D eigenvalue weighted by Gasteiger charge is 2.00. The van der Waals surface area contributed by atoms with E-state index in [0.29, 0.717) is 12.8 Å². The van der Waals surface area contributed by atoms with E-state index < -0.39 is 0 Å². The lowest BCUT2D eigenvalue weighted by Crippen LogP contribution is -1.98. The Morgan fingerprint density at radius 1 is 1.64 bits per heavy atom. The van der Waals surface area contributed by atoms with Crippen LogP contribution in [0.15, 0.2) is 11.6 Å². The molecule has 1 aliphatic carbocycles. The number of hydrogen-bond donors (Lipinski definition) is 0. The number of rotatable bonds is 2. The predicted octanol–water partition coefficient (Wildman–Crippen LogP) is 2.26. The Hall–Kier alpha value is -1.23. The lowest BCUT2D eigenvalue weighted by atomic mass is 10.00. The molecule has 0 spiro atoms. The molecule has 2 heteroatoms. The van der Waals surface area contributed by atoms with Crippen LogP contribution in [-0.4, -0.2) is 13.1 Å². The second kappa shape index (κ2) is 6.26. The van der Waals surface area contributed by atoms with Crippen LogP contribution in [0, 0.1) is 18.3 Å². The first kappa shape index (κ1) is 10.8. The highest BCUT2D eigenvalue weighted by atomic mass is 16.5. The van der Waals surface area contributed by atoms with Gasteiger partial charge in [0.2, 0.25) is 0 Å². The molecule has 14 heavy (non-hydrogen) atoms. The minimum absolute atomic E-state index is 0.190. The van der Waals surface area contributed by atoms with Crippen LogP contribution < -0.4 is 0 Å². The minimum Gasteiger partial charge on any atom is -0.469 e. The third-order valence-corrected chi connectivity index (χ3v) is 2.08. The molecule has 1 rings (SSSR count). The van der Waals surface area contributed by atoms with Crippen LogP contribution in [0.4, 0.5) is 0 Å². The molecule has 0 heterocycles. The van der Waals surface area contributed by atoms with E-state index in [4.69, 9.17) is 0 Å². The van der Waals surface area contributed by atoms with Gasteiger partial charge >= 0.3 is 5.97 Å². The number of hydrogen-bond acceptors (Lipinski definition) is 2. The minimum atomic E-state index is -0.190. The summed E-state index contributed by atoms with van der Waals surface area (Å²) < 4.78 is 4.52. The topological polar surface area (TPSA) is 26.3 Å². The molecule has 2 nitrogen and oxygen atoms in total. The molecular weight excluding hydrogens is 176 g/mol. The number of carbonyl (C=O) groups is 1. The Kier molecular flexibility index (Phi) is 4.85. The SMILES string of the molecule is COC(=O)CCC#CC1=CC[CH]CC1. The highest BCUT2D eigenvalue weighted by molar-refractivity contribution is 5.69. The summed E-state index contributed by atoms with van der Waals surface area (Å²) in [7, 11) is 1.40. The molecule has 1 radical (unpaired) electrons. The van der Waals surface area contributed by atoms with Crippen molar-refractivity contribution < 1.29 is 9.53 Å². The van der Waals surface area contributed by atoms with Crippen molar-refractivity contribution in [3.8, 4) is 11.8 Å². The molecule has 0 saturated heterocycles. The monoisotopic (exact) mass is 191 g/mol. The van der Waals surface area contributed by atoms with Crippen molar-refractivity contribution in [1.29, 1.82) is 0 Å². The molecule has 75 valence electrons. The Morgan fingerprint density at radius 3 is 3.14 bits per heavy atom. The summed E-state index contributed by atoms with van der Waals surface area (Å²) in [5.41, 5.74) is 1.21. The average Bonchev–Trinajstić information content (AvgIpc) is 2.25. The molecule has 0 unspecified atom stereocenters. The number of allylic oxidation sites excluding steroid dienone is 2. The van der Waals surface area contributed by atoms with Gasteiger partial charge in [0.1, 0.15) is 0 Å². The number of methoxy groups -OCH3 is 1. The second-order valence-electron chi connectivity index (χ2n) is 3.17. The molecule has 0 amide bonds. The summed E-state index contributed by atoms with van der Waals surface area (Å²) in [6.07, 6.45) is 8.58. The molecule has 0 aliphatic heterocycles. The van der Waals surface area contributed by atoms with Gasteiger partial charge < -0.3 is 4.74 Å². The molecule has 0 fully saturated rings. The zero-order chi connectivity index (χ0) is 10.2. The second-order valence-corrected chi connectivity index (χ2v) is 3.17. The van der Waals surface area contributed by atoms with Crippen LogP contribution in [0.5, 0.6) is 0 Å². The van der Waals surface area contributed by atoms with E-state index in [2.05, 4.69) is 29.1 Å². The van der Waals surface area contributed by atoms with Crippen molar-refractivity contribution >= 4 is 5.97 Å². The molecular formula is C12H15O2. The van der Waals surface area contributed by atoms with Gasteiger partial charge in [-0.2, -0.15) is 0 Å². The fourth-order valence-electron chi connectivity index (χ4n) is 1.26. The third kappa shape index (κ3) is 4.13. The summed E-state index contributed by atoms with van der Waals surface area (Å²) in [6, 6.07) is 0. The normalized spacial score (nSPS) is 15.1. The standard InChI is InChI=1S/C12H15O2/c1-14-12(13)10-6-5-9-11-7-3-2-4-8-11/h2,7H,3-4,6,8,10H2,1H3. The number of carbonyl (C=O) groups excluding carboxylic acids is 1. The Balaban J connectivity index is 2.25. The zero-order valence-electron chi connectivity index (χ0n) is 8.51. The maximum atomic E-state index is 10.8. The number of esters is 1. The van der Waals surface area contributed by atoms with Crippen LogP contribution in [-0.2, 0) is 9.53 Å². The lowest BCUT2D eigenvalue weighted by Gasteiger charge is -2.05. The van der Waals surface area contributed by atoms with Gasteiger partial charge in [-0.15, -0.1) is 0 Å². The third-order valence-electron chi connectivity index (χ3n) is 2.08. The molecule has 0 N–H and O–H groups in total. The lowest BCUT2D eigenvalue weighted by molar-refractivity contribution is -0.140. The van der Waals surface area contributed by atoms with Gasteiger partial charge in [0.05, 0.1) is 13.5 Å². The fourth-order valence-corrected chi connectivity index (χ4v) is 1.26. The Morgan fingerprint density at radius 2 is 2.50 bits per heavy atom. The molecule has 0 bridgehead atoms. The molecule has 1 aliphatic rings. The van der Waals surface area contributed by atoms with Crippen molar-refractivity contribution in [3.63, 3.8) is 0 Å². The van der Waals surface area contributed by atoms with Crippen LogP contribution in [0.3, 0.4) is 0 Å². The summed E-state index contributed by atoms with van der Waals surface area (Å²) in [5, 5.41) is 0. The zero-order valence-corrected chi connectivity index (χ0v) is 8.51. The first-order valence-corrected chi connectivity index (χ1v) is 4.89. The van der Waals surface area contributed by atoms with E-state index in [1.165, 1.54) is 12.7 Å². The van der Waals surface area contributed by atoms with Gasteiger partial charge in [-0.05, 0) is 31.3 Å². The molecule has 0 aromatic rings. The summed E-state index contributed by atoms with van der Waals surface area (Å²) in [4.78, 5) is 10.8. The van der Waals surface area contributed by atoms with E-state index >= 15 is 0 Å². The maximum Gasteiger partial charge on any atom is 0.306 e. The first-order valence-electron chi connectivity index (χ1n) is 4.89. The van der Waals surface area contributed by atoms with Gasteiger partial charge in [-0.3, -0.25) is 4.79 Å². The van der Waals surface area contributed by atoms with Crippen LogP contribution >= 0.6 is 0 Å². The van der Waals surface area contributed by atoms with Crippen molar-refractivity contribution in [2.24, 2.45) is 0 Å². The number of ether oxygens (including phenoxy) is 1. The smallest absolute Gasteiger partial charge is 0.306 e. The van der Waals surface area contributed by atoms with Crippen LogP contribution in [0.1, 0.15) is 32.1 Å². The van der Waals surface area contributed by atoms with Gasteiger partial charge in [0, 0.05) is 6.42 Å². The van der Waals surface area contributed by atoms with Gasteiger partial charge in [-0.25, -0.2) is 0 Å². The van der Waals surface area contributed by atoms with E-state index in [0.717, 1.165) is 19.3 Å². The van der Waals surface area contributed by atoms with Crippen molar-refractivity contribution in [2.75, 3.05) is 7.11 Å². The molecule has 0 saturated carbocycles. The van der Waals surface area contributed by atoms with Crippen molar-refractivity contribution in [2.45, 2.75) is 32.1 Å². The van der Waals surface area contributed by atoms with Gasteiger partial charge in [0.15, 0.2) is 0 Å². The summed E-state index contributed by atoms with van der Waals surface area (Å²) in [5.74, 6) is 5.88. The predicted molar refractivity (Wildman–Crippen MR) is 55.3 cm³/mol. The largest absolute Gasteiger partial charge is 0.469 e. The van der Waals surface area contributed by atoms with Crippen molar-refractivity contribution in [1.82, 2.24) is 0 Å². The van der Waals surface area contributed by atoms with Crippen LogP contribution in [0.2, 0.25) is 0 Å². The van der Waals surface area contributed by atoms with E-state index in [1.54, 1.807) is 0 Å². The molecule has 0 aromatic carbocycles. The maximum absolute atomic E-state index is 10.8. The molecule has 0 atom stereocenters. The van der Waals surface area contributed by atoms with E-state index in [9.17, 15) is 4.79 Å². The van der Waals surface area contributed by atoms with E-state index in [1.807, 2.05) is 0 Å². The summed E-state index contributed by atoms with van der Waals surface area (Å²) >= 11 is 0. The van der Waals surface area contributed by atoms with E-state index in [-0.39, 0.29) is 5.97 Å².